The second-order valence-electron chi connectivity index (χ2n) is 3.83. The Bertz CT molecular complexity index is 396. The maximum atomic E-state index is 10.6. The van der Waals surface area contributed by atoms with Gasteiger partial charge in [-0.3, -0.25) is 4.79 Å². The summed E-state index contributed by atoms with van der Waals surface area (Å²) in [4.78, 5) is 18.9. The molecule has 0 spiro atoms. The molecule has 17 heavy (non-hydrogen) atoms. The summed E-state index contributed by atoms with van der Waals surface area (Å²) < 4.78 is 5.02. The fourth-order valence-corrected chi connectivity index (χ4v) is 1.25. The molecule has 0 aliphatic carbocycles. The van der Waals surface area contributed by atoms with Crippen LogP contribution in [0, 0.1) is 12.8 Å². The van der Waals surface area contributed by atoms with Crippen molar-refractivity contribution in [2.75, 3.05) is 19.0 Å². The van der Waals surface area contributed by atoms with Gasteiger partial charge in [-0.2, -0.15) is 4.98 Å². The summed E-state index contributed by atoms with van der Waals surface area (Å²) in [7, 11) is 1.54. The maximum absolute atomic E-state index is 10.6. The van der Waals surface area contributed by atoms with E-state index in [2.05, 4.69) is 15.3 Å². The van der Waals surface area contributed by atoms with Crippen LogP contribution in [-0.4, -0.2) is 34.7 Å². The van der Waals surface area contributed by atoms with Crippen molar-refractivity contribution < 1.29 is 14.6 Å². The molecule has 1 atom stereocenters. The molecule has 0 amide bonds. The van der Waals surface area contributed by atoms with E-state index in [9.17, 15) is 4.79 Å². The summed E-state index contributed by atoms with van der Waals surface area (Å²) in [6.07, 6.45) is 0.523. The highest BCUT2D eigenvalue weighted by Crippen LogP contribution is 2.11. The van der Waals surface area contributed by atoms with Crippen molar-refractivity contribution in [3.05, 3.63) is 11.8 Å². The predicted octanol–water partition coefficient (Wildman–Crippen LogP) is 1.32. The average Bonchev–Trinajstić information content (AvgIpc) is 2.27. The van der Waals surface area contributed by atoms with Gasteiger partial charge in [-0.05, 0) is 13.3 Å². The third kappa shape index (κ3) is 4.26. The number of ether oxygens (including phenoxy) is 1. The monoisotopic (exact) mass is 239 g/mol. The Morgan fingerprint density at radius 2 is 2.29 bits per heavy atom. The standard InChI is InChI=1S/C11H17N3O3/c1-7(10(15)16)4-5-12-11-13-8(2)6-9(14-11)17-3/h6-7H,4-5H2,1-3H3,(H,15,16)(H,12,13,14). The van der Waals surface area contributed by atoms with Gasteiger partial charge in [0.15, 0.2) is 0 Å². The molecule has 6 nitrogen and oxygen atoms in total. The SMILES string of the molecule is COc1cc(C)nc(NCCC(C)C(=O)O)n1. The van der Waals surface area contributed by atoms with Crippen molar-refractivity contribution >= 4 is 11.9 Å². The summed E-state index contributed by atoms with van der Waals surface area (Å²) in [5, 5.41) is 11.7. The summed E-state index contributed by atoms with van der Waals surface area (Å²) in [5.41, 5.74) is 0.797. The molecular formula is C11H17N3O3. The lowest BCUT2D eigenvalue weighted by atomic mass is 10.1. The summed E-state index contributed by atoms with van der Waals surface area (Å²) in [5.74, 6) is -0.227. The van der Waals surface area contributed by atoms with Gasteiger partial charge in [-0.25, -0.2) is 4.98 Å². The Kier molecular flexibility index (Phi) is 4.68. The molecule has 1 rings (SSSR count). The molecule has 1 aromatic heterocycles. The van der Waals surface area contributed by atoms with Crippen LogP contribution >= 0.6 is 0 Å². The normalized spacial score (nSPS) is 11.9. The topological polar surface area (TPSA) is 84.3 Å². The van der Waals surface area contributed by atoms with Gasteiger partial charge in [-0.15, -0.1) is 0 Å². The number of nitrogens with one attached hydrogen (secondary N) is 1. The van der Waals surface area contributed by atoms with Gasteiger partial charge in [-0.1, -0.05) is 6.92 Å². The van der Waals surface area contributed by atoms with Gasteiger partial charge < -0.3 is 15.2 Å². The zero-order valence-electron chi connectivity index (χ0n) is 10.2. The predicted molar refractivity (Wildman–Crippen MR) is 63.2 cm³/mol. The number of aliphatic carboxylic acids is 1. The zero-order valence-corrected chi connectivity index (χ0v) is 10.2. The van der Waals surface area contributed by atoms with Crippen LogP contribution < -0.4 is 10.1 Å². The van der Waals surface area contributed by atoms with Crippen LogP contribution in [-0.2, 0) is 4.79 Å². The van der Waals surface area contributed by atoms with E-state index in [1.54, 1.807) is 13.0 Å². The second kappa shape index (κ2) is 6.03. The Balaban J connectivity index is 2.51. The largest absolute Gasteiger partial charge is 0.481 e. The summed E-state index contributed by atoms with van der Waals surface area (Å²) in [6, 6.07) is 1.73. The van der Waals surface area contributed by atoms with E-state index in [4.69, 9.17) is 9.84 Å². The second-order valence-corrected chi connectivity index (χ2v) is 3.83. The quantitative estimate of drug-likeness (QED) is 0.778. The Hall–Kier alpha value is -1.85. The van der Waals surface area contributed by atoms with E-state index in [1.165, 1.54) is 7.11 Å². The van der Waals surface area contributed by atoms with Crippen LogP contribution in [0.2, 0.25) is 0 Å². The lowest BCUT2D eigenvalue weighted by molar-refractivity contribution is -0.141. The van der Waals surface area contributed by atoms with Gasteiger partial charge in [0.2, 0.25) is 11.8 Å². The molecule has 0 bridgehead atoms. The van der Waals surface area contributed by atoms with E-state index in [1.807, 2.05) is 6.92 Å². The third-order valence-electron chi connectivity index (χ3n) is 2.32. The van der Waals surface area contributed by atoms with E-state index in [0.717, 1.165) is 5.69 Å². The van der Waals surface area contributed by atoms with Crippen molar-refractivity contribution in [2.24, 2.45) is 5.92 Å². The van der Waals surface area contributed by atoms with E-state index >= 15 is 0 Å². The summed E-state index contributed by atoms with van der Waals surface area (Å²) >= 11 is 0. The number of anilines is 1. The average molecular weight is 239 g/mol. The third-order valence-corrected chi connectivity index (χ3v) is 2.32. The molecule has 0 aliphatic rings. The summed E-state index contributed by atoms with van der Waals surface area (Å²) in [6.45, 7) is 4.02. The van der Waals surface area contributed by atoms with Crippen LogP contribution in [0.25, 0.3) is 0 Å². The number of carbonyl (C=O) groups is 1. The number of nitrogens with zero attached hydrogens (tertiary/aromatic N) is 2. The maximum Gasteiger partial charge on any atom is 0.306 e. The fourth-order valence-electron chi connectivity index (χ4n) is 1.25. The van der Waals surface area contributed by atoms with Crippen molar-refractivity contribution in [1.29, 1.82) is 0 Å². The minimum Gasteiger partial charge on any atom is -0.481 e. The minimum absolute atomic E-state index is 0.380. The first kappa shape index (κ1) is 13.2. The lowest BCUT2D eigenvalue weighted by Crippen LogP contribution is -2.15. The molecule has 0 radical (unpaired) electrons. The molecule has 1 aromatic rings. The van der Waals surface area contributed by atoms with Crippen LogP contribution in [0.3, 0.4) is 0 Å². The zero-order chi connectivity index (χ0) is 12.8. The number of rotatable bonds is 6. The van der Waals surface area contributed by atoms with Gasteiger partial charge >= 0.3 is 5.97 Å². The highest BCUT2D eigenvalue weighted by atomic mass is 16.5. The molecule has 94 valence electrons. The Labute approximate surface area is 100 Å². The van der Waals surface area contributed by atoms with Gasteiger partial charge in [0.1, 0.15) is 0 Å². The molecule has 0 aliphatic heterocycles. The molecule has 2 N–H and O–H groups in total. The first-order valence-electron chi connectivity index (χ1n) is 5.39. The van der Waals surface area contributed by atoms with Crippen LogP contribution in [0.1, 0.15) is 19.0 Å². The van der Waals surface area contributed by atoms with Gasteiger partial charge in [0.05, 0.1) is 13.0 Å². The van der Waals surface area contributed by atoms with Crippen molar-refractivity contribution in [3.63, 3.8) is 0 Å². The highest BCUT2D eigenvalue weighted by Gasteiger charge is 2.10. The number of aryl methyl sites for hydroxylation is 1. The van der Waals surface area contributed by atoms with Crippen LogP contribution in [0.5, 0.6) is 5.88 Å². The first-order chi connectivity index (χ1) is 8.02. The molecule has 0 saturated carbocycles. The number of hydrogen-bond acceptors (Lipinski definition) is 5. The van der Waals surface area contributed by atoms with Crippen LogP contribution in [0.4, 0.5) is 5.95 Å². The fraction of sp³-hybridized carbons (Fsp3) is 0.545. The van der Waals surface area contributed by atoms with Crippen LogP contribution in [0.15, 0.2) is 6.07 Å². The molecule has 0 aromatic carbocycles. The molecular weight excluding hydrogens is 222 g/mol. The minimum atomic E-state index is -0.797. The molecule has 0 saturated heterocycles. The van der Waals surface area contributed by atoms with Crippen molar-refractivity contribution in [1.82, 2.24) is 9.97 Å². The number of aromatic nitrogens is 2. The number of hydrogen-bond donors (Lipinski definition) is 2. The van der Waals surface area contributed by atoms with Gasteiger partial charge in [0, 0.05) is 18.3 Å². The molecule has 1 heterocycles. The Morgan fingerprint density at radius 1 is 1.59 bits per heavy atom. The van der Waals surface area contributed by atoms with Gasteiger partial charge in [0.25, 0.3) is 0 Å². The Morgan fingerprint density at radius 3 is 2.88 bits per heavy atom. The molecule has 6 heteroatoms. The van der Waals surface area contributed by atoms with E-state index in [0.29, 0.717) is 24.8 Å². The van der Waals surface area contributed by atoms with E-state index in [-0.39, 0.29) is 5.92 Å². The highest BCUT2D eigenvalue weighted by molar-refractivity contribution is 5.69. The van der Waals surface area contributed by atoms with Crippen molar-refractivity contribution in [2.45, 2.75) is 20.3 Å². The molecule has 1 unspecified atom stereocenters. The van der Waals surface area contributed by atoms with E-state index < -0.39 is 5.97 Å². The first-order valence-corrected chi connectivity index (χ1v) is 5.39. The lowest BCUT2D eigenvalue weighted by Gasteiger charge is -2.09. The number of methoxy groups -OCH3 is 1. The molecule has 0 fully saturated rings. The smallest absolute Gasteiger partial charge is 0.306 e. The number of carboxylic acid groups (broad SMARTS) is 1. The van der Waals surface area contributed by atoms with Crippen molar-refractivity contribution in [3.8, 4) is 5.88 Å². The number of carboxylic acids is 1.